The number of nitrogen functional groups attached to an aromatic ring is 1. The highest BCUT2D eigenvalue weighted by Gasteiger charge is 2.44. The molecule has 1 saturated heterocycles. The van der Waals surface area contributed by atoms with Gasteiger partial charge in [-0.3, -0.25) is 9.59 Å². The van der Waals surface area contributed by atoms with Gasteiger partial charge in [-0.25, -0.2) is 9.88 Å². The summed E-state index contributed by atoms with van der Waals surface area (Å²) in [4.78, 5) is 30.4. The second-order valence-corrected chi connectivity index (χ2v) is 6.44. The first-order valence-corrected chi connectivity index (χ1v) is 7.59. The standard InChI is InChI=1S/C16H21N3O2/c1-11-7-13(18-10-12(11)17)19-14(20)8-16(9-15(19)21)5-3-2-4-6-16/h7,10H,2-6,8-9,17H2,1H3. The maximum atomic E-state index is 12.5. The number of nitrogens with zero attached hydrogens (tertiary/aromatic N) is 2. The van der Waals surface area contributed by atoms with Crippen LogP contribution >= 0.6 is 0 Å². The number of nitrogens with two attached hydrogens (primary N) is 1. The number of amides is 2. The number of carbonyl (C=O) groups excluding carboxylic acids is 2. The molecule has 112 valence electrons. The van der Waals surface area contributed by atoms with E-state index in [2.05, 4.69) is 4.98 Å². The van der Waals surface area contributed by atoms with E-state index in [1.54, 1.807) is 6.07 Å². The fourth-order valence-electron chi connectivity index (χ4n) is 3.59. The fraction of sp³-hybridized carbons (Fsp3) is 0.562. The summed E-state index contributed by atoms with van der Waals surface area (Å²) in [6, 6.07) is 1.71. The zero-order chi connectivity index (χ0) is 15.0. The van der Waals surface area contributed by atoms with E-state index >= 15 is 0 Å². The Labute approximate surface area is 124 Å². The Morgan fingerprint density at radius 3 is 2.33 bits per heavy atom. The number of hydrogen-bond donors (Lipinski definition) is 1. The van der Waals surface area contributed by atoms with Gasteiger partial charge in [0, 0.05) is 12.8 Å². The van der Waals surface area contributed by atoms with Crippen LogP contribution < -0.4 is 10.6 Å². The molecule has 1 spiro atoms. The van der Waals surface area contributed by atoms with Crippen LogP contribution in [0.15, 0.2) is 12.3 Å². The molecule has 21 heavy (non-hydrogen) atoms. The predicted octanol–water partition coefficient (Wildman–Crippen LogP) is 2.58. The number of rotatable bonds is 1. The Morgan fingerprint density at radius 1 is 1.14 bits per heavy atom. The average Bonchev–Trinajstić information content (AvgIpc) is 2.42. The van der Waals surface area contributed by atoms with Crippen molar-refractivity contribution in [2.75, 3.05) is 10.6 Å². The normalized spacial score (nSPS) is 21.9. The van der Waals surface area contributed by atoms with Crippen LogP contribution in [0.3, 0.4) is 0 Å². The Morgan fingerprint density at radius 2 is 1.76 bits per heavy atom. The molecular weight excluding hydrogens is 266 g/mol. The van der Waals surface area contributed by atoms with Crippen molar-refractivity contribution in [2.24, 2.45) is 5.41 Å². The molecular formula is C16H21N3O2. The zero-order valence-electron chi connectivity index (χ0n) is 12.4. The summed E-state index contributed by atoms with van der Waals surface area (Å²) in [6.45, 7) is 1.85. The Kier molecular flexibility index (Phi) is 3.43. The van der Waals surface area contributed by atoms with Crippen molar-refractivity contribution in [3.63, 3.8) is 0 Å². The highest BCUT2D eigenvalue weighted by Crippen LogP contribution is 2.45. The van der Waals surface area contributed by atoms with Crippen molar-refractivity contribution < 1.29 is 9.59 Å². The van der Waals surface area contributed by atoms with E-state index in [-0.39, 0.29) is 17.2 Å². The van der Waals surface area contributed by atoms with Crippen molar-refractivity contribution in [3.8, 4) is 0 Å². The van der Waals surface area contributed by atoms with E-state index in [1.165, 1.54) is 17.5 Å². The number of carbonyl (C=O) groups is 2. The number of piperidine rings is 1. The topological polar surface area (TPSA) is 76.3 Å². The molecule has 2 fully saturated rings. The van der Waals surface area contributed by atoms with Gasteiger partial charge in [-0.1, -0.05) is 19.3 Å². The first-order valence-electron chi connectivity index (χ1n) is 7.59. The monoisotopic (exact) mass is 287 g/mol. The van der Waals surface area contributed by atoms with E-state index < -0.39 is 0 Å². The van der Waals surface area contributed by atoms with Gasteiger partial charge in [-0.2, -0.15) is 0 Å². The van der Waals surface area contributed by atoms with Gasteiger partial charge in [0.15, 0.2) is 0 Å². The quantitative estimate of drug-likeness (QED) is 0.805. The molecule has 0 unspecified atom stereocenters. The number of aromatic nitrogens is 1. The average molecular weight is 287 g/mol. The minimum absolute atomic E-state index is 0.0915. The molecule has 1 aromatic rings. The molecule has 1 aromatic heterocycles. The fourth-order valence-corrected chi connectivity index (χ4v) is 3.59. The number of pyridine rings is 1. The predicted molar refractivity (Wildman–Crippen MR) is 80.6 cm³/mol. The highest BCUT2D eigenvalue weighted by molar-refractivity contribution is 6.16. The zero-order valence-corrected chi connectivity index (χ0v) is 12.4. The van der Waals surface area contributed by atoms with E-state index in [0.29, 0.717) is 24.3 Å². The van der Waals surface area contributed by atoms with Crippen LogP contribution in [0.5, 0.6) is 0 Å². The number of hydrogen-bond acceptors (Lipinski definition) is 4. The second-order valence-electron chi connectivity index (χ2n) is 6.44. The third kappa shape index (κ3) is 2.52. The van der Waals surface area contributed by atoms with Crippen LogP contribution in [-0.2, 0) is 9.59 Å². The Balaban J connectivity index is 1.86. The van der Waals surface area contributed by atoms with Crippen molar-refractivity contribution in [1.82, 2.24) is 4.98 Å². The maximum absolute atomic E-state index is 12.5. The minimum atomic E-state index is -0.121. The molecule has 2 aliphatic rings. The molecule has 0 atom stereocenters. The largest absolute Gasteiger partial charge is 0.397 e. The van der Waals surface area contributed by atoms with Crippen LogP contribution in [0.25, 0.3) is 0 Å². The molecule has 5 heteroatoms. The van der Waals surface area contributed by atoms with Gasteiger partial charge in [0.25, 0.3) is 0 Å². The van der Waals surface area contributed by atoms with Crippen molar-refractivity contribution in [2.45, 2.75) is 51.9 Å². The van der Waals surface area contributed by atoms with Crippen LogP contribution in [0.1, 0.15) is 50.5 Å². The maximum Gasteiger partial charge on any atom is 0.235 e. The lowest BCUT2D eigenvalue weighted by atomic mass is 9.67. The minimum Gasteiger partial charge on any atom is -0.397 e. The molecule has 0 bridgehead atoms. The van der Waals surface area contributed by atoms with Crippen LogP contribution in [0.4, 0.5) is 11.5 Å². The molecule has 2 amide bonds. The van der Waals surface area contributed by atoms with Crippen molar-refractivity contribution in [3.05, 3.63) is 17.8 Å². The summed E-state index contributed by atoms with van der Waals surface area (Å²) in [5.41, 5.74) is 7.06. The van der Waals surface area contributed by atoms with Crippen molar-refractivity contribution >= 4 is 23.3 Å². The van der Waals surface area contributed by atoms with E-state index in [1.807, 2.05) is 6.92 Å². The van der Waals surface area contributed by atoms with E-state index in [4.69, 9.17) is 5.73 Å². The summed E-state index contributed by atoms with van der Waals surface area (Å²) in [6.07, 6.45) is 7.88. The Hall–Kier alpha value is -1.91. The van der Waals surface area contributed by atoms with Gasteiger partial charge in [-0.05, 0) is 36.8 Å². The smallest absolute Gasteiger partial charge is 0.235 e. The van der Waals surface area contributed by atoms with E-state index in [0.717, 1.165) is 31.2 Å². The molecule has 0 aromatic carbocycles. The molecule has 0 radical (unpaired) electrons. The van der Waals surface area contributed by atoms with Gasteiger partial charge in [0.1, 0.15) is 5.82 Å². The summed E-state index contributed by atoms with van der Waals surface area (Å²) in [5.74, 6) is 0.164. The lowest BCUT2D eigenvalue weighted by Gasteiger charge is -2.42. The lowest BCUT2D eigenvalue weighted by Crippen LogP contribution is -2.49. The summed E-state index contributed by atoms with van der Waals surface area (Å²) >= 11 is 0. The summed E-state index contributed by atoms with van der Waals surface area (Å²) in [5, 5.41) is 0. The summed E-state index contributed by atoms with van der Waals surface area (Å²) in [7, 11) is 0. The third-order valence-electron chi connectivity index (χ3n) is 4.83. The van der Waals surface area contributed by atoms with Gasteiger partial charge in [-0.15, -0.1) is 0 Å². The molecule has 2 N–H and O–H groups in total. The SMILES string of the molecule is Cc1cc(N2C(=O)CC3(CCCCC3)CC2=O)ncc1N. The van der Waals surface area contributed by atoms with Crippen LogP contribution in [0, 0.1) is 12.3 Å². The molecule has 3 rings (SSSR count). The number of imide groups is 1. The molecule has 1 saturated carbocycles. The molecule has 1 aliphatic carbocycles. The summed E-state index contributed by atoms with van der Waals surface area (Å²) < 4.78 is 0. The lowest BCUT2D eigenvalue weighted by molar-refractivity contribution is -0.134. The first kappa shape index (κ1) is 14.0. The van der Waals surface area contributed by atoms with Gasteiger partial charge in [0.2, 0.25) is 11.8 Å². The third-order valence-corrected chi connectivity index (χ3v) is 4.83. The van der Waals surface area contributed by atoms with Crippen LogP contribution in [-0.4, -0.2) is 16.8 Å². The van der Waals surface area contributed by atoms with Gasteiger partial charge in [0.05, 0.1) is 11.9 Å². The van der Waals surface area contributed by atoms with Gasteiger partial charge >= 0.3 is 0 Å². The highest BCUT2D eigenvalue weighted by atomic mass is 16.2. The first-order chi connectivity index (χ1) is 10.0. The van der Waals surface area contributed by atoms with Gasteiger partial charge < -0.3 is 5.73 Å². The molecule has 5 nitrogen and oxygen atoms in total. The molecule has 2 heterocycles. The van der Waals surface area contributed by atoms with Crippen LogP contribution in [0.2, 0.25) is 0 Å². The second kappa shape index (κ2) is 5.13. The Bertz CT molecular complexity index is 571. The molecule has 1 aliphatic heterocycles. The van der Waals surface area contributed by atoms with Crippen molar-refractivity contribution in [1.29, 1.82) is 0 Å². The number of anilines is 2. The van der Waals surface area contributed by atoms with E-state index in [9.17, 15) is 9.59 Å². The number of aryl methyl sites for hydroxylation is 1.